The summed E-state index contributed by atoms with van der Waals surface area (Å²) in [4.78, 5) is 37.0. The van der Waals surface area contributed by atoms with Crippen LogP contribution in [0.3, 0.4) is 0 Å². The maximum atomic E-state index is 12.8. The van der Waals surface area contributed by atoms with Crippen molar-refractivity contribution in [3.8, 4) is 0 Å². The van der Waals surface area contributed by atoms with Crippen LogP contribution in [-0.2, 0) is 28.6 Å². The van der Waals surface area contributed by atoms with Gasteiger partial charge in [-0.05, 0) is 109 Å². The summed E-state index contributed by atoms with van der Waals surface area (Å²) in [5.74, 6) is -1.84. The second-order valence-corrected chi connectivity index (χ2v) is 17.3. The summed E-state index contributed by atoms with van der Waals surface area (Å²) >= 11 is 0. The van der Waals surface area contributed by atoms with E-state index in [4.69, 9.17) is 14.2 Å². The Bertz CT molecular complexity index is 1470. The van der Waals surface area contributed by atoms with Crippen molar-refractivity contribution in [1.82, 2.24) is 0 Å². The summed E-state index contributed by atoms with van der Waals surface area (Å²) in [6, 6.07) is -0.747. The minimum Gasteiger partial charge on any atom is -0.544 e. The normalized spacial score (nSPS) is 13.9. The number of carbonyl (C=O) groups is 3. The van der Waals surface area contributed by atoms with Crippen molar-refractivity contribution in [2.24, 2.45) is 0 Å². The molecule has 0 saturated heterocycles. The van der Waals surface area contributed by atoms with E-state index in [9.17, 15) is 19.5 Å². The van der Waals surface area contributed by atoms with Crippen molar-refractivity contribution in [2.75, 3.05) is 41.0 Å². The fraction of sp³-hybridized carbons (Fsp3) is 0.596. The quantitative estimate of drug-likeness (QED) is 0.0260. The van der Waals surface area contributed by atoms with Crippen molar-refractivity contribution in [3.63, 3.8) is 0 Å². The SMILES string of the molecule is CC/C=C/C/C=C/C/C=C/C/C=C/C/C=C/CCCCCCC(=O)OCC(COCCC(C(=O)[O-])[N+](C)(C)C)OC(=O)CCCC/C=C/C/C=C/C/C=C/C/C=C/C/C=C/CCCCC. The first-order valence-corrected chi connectivity index (χ1v) is 25.1. The molecule has 0 bridgehead atoms. The van der Waals surface area contributed by atoms with Crippen LogP contribution in [0.2, 0.25) is 0 Å². The molecule has 0 spiro atoms. The molecule has 0 aromatic carbocycles. The third kappa shape index (κ3) is 44.7. The maximum Gasteiger partial charge on any atom is 0.306 e. The van der Waals surface area contributed by atoms with Gasteiger partial charge in [-0.3, -0.25) is 9.59 Å². The van der Waals surface area contributed by atoms with E-state index >= 15 is 0 Å². The molecule has 0 aromatic rings. The van der Waals surface area contributed by atoms with Crippen LogP contribution >= 0.6 is 0 Å². The Morgan fingerprint density at radius 3 is 1.29 bits per heavy atom. The molecule has 0 aliphatic rings. The van der Waals surface area contributed by atoms with Crippen molar-refractivity contribution < 1.29 is 38.2 Å². The first-order valence-electron chi connectivity index (χ1n) is 25.1. The first-order chi connectivity index (χ1) is 31.6. The summed E-state index contributed by atoms with van der Waals surface area (Å²) < 4.78 is 17.1. The highest BCUT2D eigenvalue weighted by molar-refractivity contribution is 5.70. The van der Waals surface area contributed by atoms with Gasteiger partial charge in [0, 0.05) is 19.3 Å². The largest absolute Gasteiger partial charge is 0.544 e. The first kappa shape index (κ1) is 60.7. The van der Waals surface area contributed by atoms with E-state index in [1.807, 2.05) is 0 Å². The smallest absolute Gasteiger partial charge is 0.306 e. The molecule has 0 aliphatic carbocycles. The van der Waals surface area contributed by atoms with E-state index in [2.05, 4.69) is 135 Å². The number of ether oxygens (including phenoxy) is 3. The van der Waals surface area contributed by atoms with Gasteiger partial charge in [-0.1, -0.05) is 161 Å². The van der Waals surface area contributed by atoms with E-state index in [0.717, 1.165) is 103 Å². The third-order valence-corrected chi connectivity index (χ3v) is 10.3. The highest BCUT2D eigenvalue weighted by Gasteiger charge is 2.25. The highest BCUT2D eigenvalue weighted by Crippen LogP contribution is 2.11. The number of likely N-dealkylation sites (N-methyl/N-ethyl adjacent to an activating group) is 1. The molecule has 0 rings (SSSR count). The second kappa shape index (κ2) is 46.3. The van der Waals surface area contributed by atoms with Gasteiger partial charge in [0.25, 0.3) is 0 Å². The van der Waals surface area contributed by atoms with Crippen LogP contribution in [0.4, 0.5) is 0 Å². The average molecular weight is 902 g/mol. The van der Waals surface area contributed by atoms with E-state index in [1.165, 1.54) is 25.7 Å². The molecule has 0 fully saturated rings. The Morgan fingerprint density at radius 2 is 0.862 bits per heavy atom. The molecule has 8 heteroatoms. The fourth-order valence-electron chi connectivity index (χ4n) is 6.47. The van der Waals surface area contributed by atoms with Gasteiger partial charge in [0.05, 0.1) is 40.3 Å². The molecule has 2 unspecified atom stereocenters. The van der Waals surface area contributed by atoms with E-state index < -0.39 is 18.1 Å². The Balaban J connectivity index is 4.44. The molecule has 65 heavy (non-hydrogen) atoms. The van der Waals surface area contributed by atoms with Gasteiger partial charge in [0.15, 0.2) is 6.10 Å². The van der Waals surface area contributed by atoms with Gasteiger partial charge in [0.1, 0.15) is 12.6 Å². The monoisotopic (exact) mass is 902 g/mol. The molecule has 0 N–H and O–H groups in total. The number of aliphatic carboxylic acids is 1. The van der Waals surface area contributed by atoms with Gasteiger partial charge < -0.3 is 28.6 Å². The highest BCUT2D eigenvalue weighted by atomic mass is 16.6. The summed E-state index contributed by atoms with van der Waals surface area (Å²) in [7, 11) is 5.37. The van der Waals surface area contributed by atoms with Crippen molar-refractivity contribution in [3.05, 3.63) is 122 Å². The number of hydrogen-bond acceptors (Lipinski definition) is 7. The summed E-state index contributed by atoms with van der Waals surface area (Å²) in [5, 5.41) is 11.7. The number of nitrogens with zero attached hydrogens (tertiary/aromatic N) is 1. The number of carboxylic acid groups (broad SMARTS) is 1. The van der Waals surface area contributed by atoms with Crippen LogP contribution in [-0.4, -0.2) is 75.5 Å². The molecule has 0 radical (unpaired) electrons. The van der Waals surface area contributed by atoms with Crippen LogP contribution in [0.15, 0.2) is 122 Å². The van der Waals surface area contributed by atoms with E-state index in [-0.39, 0.29) is 49.1 Å². The van der Waals surface area contributed by atoms with Crippen LogP contribution in [0, 0.1) is 0 Å². The van der Waals surface area contributed by atoms with Crippen molar-refractivity contribution >= 4 is 17.9 Å². The summed E-state index contributed by atoms with van der Waals surface area (Å²) in [6.45, 7) is 4.43. The second-order valence-electron chi connectivity index (χ2n) is 17.3. The van der Waals surface area contributed by atoms with E-state index in [1.54, 1.807) is 21.1 Å². The predicted octanol–water partition coefficient (Wildman–Crippen LogP) is 13.2. The molecular weight excluding hydrogens is 811 g/mol. The van der Waals surface area contributed by atoms with Gasteiger partial charge >= 0.3 is 11.9 Å². The molecule has 8 nitrogen and oxygen atoms in total. The Labute approximate surface area is 397 Å². The van der Waals surface area contributed by atoms with Gasteiger partial charge in [-0.2, -0.15) is 0 Å². The Morgan fingerprint density at radius 1 is 0.477 bits per heavy atom. The van der Waals surface area contributed by atoms with E-state index in [0.29, 0.717) is 12.8 Å². The minimum atomic E-state index is -1.14. The molecule has 0 amide bonds. The van der Waals surface area contributed by atoms with Crippen molar-refractivity contribution in [2.45, 2.75) is 180 Å². The lowest BCUT2D eigenvalue weighted by atomic mass is 10.1. The molecule has 0 heterocycles. The fourth-order valence-corrected chi connectivity index (χ4v) is 6.47. The van der Waals surface area contributed by atoms with Gasteiger partial charge in [-0.25, -0.2) is 0 Å². The lowest BCUT2D eigenvalue weighted by Crippen LogP contribution is -2.55. The standard InChI is InChI=1S/C57H91NO7/c1-6-8-10-12-14-16-18-20-22-24-26-28-30-32-34-36-38-40-42-44-46-48-56(60)65-53(51-63-50-49-54(57(61)62)58(3,4)5)52-64-55(59)47-45-43-41-39-37-35-33-31-29-27-25-23-21-19-17-15-13-11-9-7-2/h9,11,14-17,20-23,26-29,32-35,38,40,53-54H,6-8,10,12-13,18-19,24-25,30-31,36-37,39,41-52H2,1-5H3/b11-9+,16-14+,17-15+,22-20+,23-21+,28-26+,29-27+,34-32+,35-33+,40-38+. The summed E-state index contributed by atoms with van der Waals surface area (Å²) in [5.41, 5.74) is 0. The third-order valence-electron chi connectivity index (χ3n) is 10.3. The van der Waals surface area contributed by atoms with Crippen LogP contribution in [0.1, 0.15) is 168 Å². The van der Waals surface area contributed by atoms with Crippen LogP contribution < -0.4 is 5.11 Å². The molecule has 0 aliphatic heterocycles. The van der Waals surface area contributed by atoms with Gasteiger partial charge in [0.2, 0.25) is 0 Å². The number of hydrogen-bond donors (Lipinski definition) is 0. The lowest BCUT2D eigenvalue weighted by Gasteiger charge is -2.34. The molecular formula is C57H91NO7. The number of rotatable bonds is 43. The number of quaternary nitrogens is 1. The van der Waals surface area contributed by atoms with Crippen LogP contribution in [0.5, 0.6) is 0 Å². The molecule has 2 atom stereocenters. The lowest BCUT2D eigenvalue weighted by molar-refractivity contribution is -0.889. The summed E-state index contributed by atoms with van der Waals surface area (Å²) in [6.07, 6.45) is 65.1. The zero-order chi connectivity index (χ0) is 47.7. The molecule has 0 saturated carbocycles. The van der Waals surface area contributed by atoms with Gasteiger partial charge in [-0.15, -0.1) is 0 Å². The number of carbonyl (C=O) groups excluding carboxylic acids is 3. The average Bonchev–Trinajstić information content (AvgIpc) is 3.27. The number of allylic oxidation sites excluding steroid dienone is 20. The number of carboxylic acids is 1. The zero-order valence-corrected chi connectivity index (χ0v) is 41.6. The topological polar surface area (TPSA) is 102 Å². The van der Waals surface area contributed by atoms with Crippen LogP contribution in [0.25, 0.3) is 0 Å². The Kier molecular flexibility index (Phi) is 43.2. The zero-order valence-electron chi connectivity index (χ0n) is 41.6. The molecule has 366 valence electrons. The maximum absolute atomic E-state index is 12.8. The predicted molar refractivity (Wildman–Crippen MR) is 272 cm³/mol. The number of esters is 2. The Hall–Kier alpha value is -4.27. The minimum absolute atomic E-state index is 0.00590. The molecule has 0 aromatic heterocycles. The number of unbranched alkanes of at least 4 members (excludes halogenated alkanes) is 9. The van der Waals surface area contributed by atoms with Crippen molar-refractivity contribution in [1.29, 1.82) is 0 Å².